The molecular formula is C25H29FN2O2. The van der Waals surface area contributed by atoms with E-state index >= 15 is 0 Å². The topological polar surface area (TPSA) is 34.5 Å². The number of hydrogen-bond donors (Lipinski definition) is 0. The minimum absolute atomic E-state index is 0.317. The molecule has 0 bridgehead atoms. The molecule has 1 saturated heterocycles. The molecule has 0 amide bonds. The van der Waals surface area contributed by atoms with Crippen LogP contribution in [-0.4, -0.2) is 48.4 Å². The van der Waals surface area contributed by atoms with Crippen LogP contribution < -0.4 is 0 Å². The van der Waals surface area contributed by atoms with E-state index in [0.29, 0.717) is 18.5 Å². The molecule has 5 heteroatoms. The van der Waals surface area contributed by atoms with Crippen molar-refractivity contribution in [1.82, 2.24) is 9.47 Å². The van der Waals surface area contributed by atoms with Gasteiger partial charge in [-0.15, -0.1) is 0 Å². The van der Waals surface area contributed by atoms with Crippen molar-refractivity contribution in [2.45, 2.75) is 38.9 Å². The highest BCUT2D eigenvalue weighted by molar-refractivity contribution is 5.89. The fraction of sp³-hybridized carbons (Fsp3) is 0.400. The van der Waals surface area contributed by atoms with Crippen molar-refractivity contribution in [3.05, 3.63) is 70.9 Å². The van der Waals surface area contributed by atoms with Crippen molar-refractivity contribution in [3.63, 3.8) is 0 Å². The molecule has 30 heavy (non-hydrogen) atoms. The molecule has 1 fully saturated rings. The van der Waals surface area contributed by atoms with Crippen molar-refractivity contribution in [2.75, 3.05) is 26.7 Å². The third-order valence-electron chi connectivity index (χ3n) is 6.21. The normalized spacial score (nSPS) is 17.4. The molecular weight excluding hydrogens is 379 g/mol. The van der Waals surface area contributed by atoms with E-state index in [2.05, 4.69) is 40.7 Å². The second-order valence-electron chi connectivity index (χ2n) is 8.14. The van der Waals surface area contributed by atoms with Crippen LogP contribution in [0.4, 0.5) is 4.39 Å². The summed E-state index contributed by atoms with van der Waals surface area (Å²) in [5, 5.41) is 1.26. The van der Waals surface area contributed by atoms with Gasteiger partial charge in [0.1, 0.15) is 6.17 Å². The lowest BCUT2D eigenvalue weighted by molar-refractivity contribution is 0.0600. The number of carbonyl (C=O) groups is 1. The Morgan fingerprint density at radius 1 is 1.13 bits per heavy atom. The number of esters is 1. The fourth-order valence-electron chi connectivity index (χ4n) is 4.54. The molecule has 0 N–H and O–H groups in total. The molecule has 0 spiro atoms. The van der Waals surface area contributed by atoms with E-state index in [4.69, 9.17) is 4.74 Å². The highest BCUT2D eigenvalue weighted by atomic mass is 19.1. The van der Waals surface area contributed by atoms with E-state index in [1.54, 1.807) is 0 Å². The Morgan fingerprint density at radius 3 is 2.63 bits per heavy atom. The number of piperidine rings is 1. The van der Waals surface area contributed by atoms with Crippen LogP contribution in [0.15, 0.2) is 48.5 Å². The predicted octanol–water partition coefficient (Wildman–Crippen LogP) is 4.76. The van der Waals surface area contributed by atoms with E-state index in [9.17, 15) is 9.18 Å². The van der Waals surface area contributed by atoms with Crippen molar-refractivity contribution < 1.29 is 13.9 Å². The van der Waals surface area contributed by atoms with Gasteiger partial charge in [0.25, 0.3) is 0 Å². The lowest BCUT2D eigenvalue weighted by atomic mass is 10.0. The lowest BCUT2D eigenvalue weighted by Crippen LogP contribution is -2.38. The van der Waals surface area contributed by atoms with Crippen LogP contribution in [0.3, 0.4) is 0 Å². The number of alkyl halides is 1. The van der Waals surface area contributed by atoms with Crippen molar-refractivity contribution in [1.29, 1.82) is 0 Å². The maximum absolute atomic E-state index is 13.8. The lowest BCUT2D eigenvalue weighted by Gasteiger charge is -2.29. The molecule has 0 radical (unpaired) electrons. The number of hydrogen-bond acceptors (Lipinski definition) is 3. The van der Waals surface area contributed by atoms with E-state index in [-0.39, 0.29) is 5.97 Å². The first-order valence-corrected chi connectivity index (χ1v) is 10.7. The zero-order valence-electron chi connectivity index (χ0n) is 17.7. The number of rotatable bonds is 6. The SMILES string of the molecule is COC(=O)c1ccc(Cc2c(C)n(CCN3CCCC(F)C3)c3ccccc23)cc1. The quantitative estimate of drug-likeness (QED) is 0.552. The second-order valence-corrected chi connectivity index (χ2v) is 8.14. The van der Waals surface area contributed by atoms with E-state index < -0.39 is 6.17 Å². The number of ether oxygens (including phenoxy) is 1. The van der Waals surface area contributed by atoms with Crippen molar-refractivity contribution in [3.8, 4) is 0 Å². The minimum atomic E-state index is -0.690. The van der Waals surface area contributed by atoms with Gasteiger partial charge in [0.2, 0.25) is 0 Å². The number of aromatic nitrogens is 1. The number of fused-ring (bicyclic) bond motifs is 1. The highest BCUT2D eigenvalue weighted by Crippen LogP contribution is 2.28. The molecule has 1 aromatic heterocycles. The summed E-state index contributed by atoms with van der Waals surface area (Å²) in [4.78, 5) is 13.9. The van der Waals surface area contributed by atoms with Gasteiger partial charge in [0.15, 0.2) is 0 Å². The average Bonchev–Trinajstić information content (AvgIpc) is 3.03. The monoisotopic (exact) mass is 408 g/mol. The minimum Gasteiger partial charge on any atom is -0.465 e. The van der Waals surface area contributed by atoms with Crippen molar-refractivity contribution >= 4 is 16.9 Å². The van der Waals surface area contributed by atoms with Gasteiger partial charge in [0, 0.05) is 36.2 Å². The molecule has 2 aromatic carbocycles. The van der Waals surface area contributed by atoms with Crippen LogP contribution in [0.2, 0.25) is 0 Å². The molecule has 1 atom stereocenters. The third-order valence-corrected chi connectivity index (χ3v) is 6.21. The van der Waals surface area contributed by atoms with Gasteiger partial charge in [0.05, 0.1) is 12.7 Å². The zero-order chi connectivity index (χ0) is 21.1. The molecule has 2 heterocycles. The molecule has 4 rings (SSSR count). The third kappa shape index (κ3) is 4.26. The zero-order valence-corrected chi connectivity index (χ0v) is 17.7. The largest absolute Gasteiger partial charge is 0.465 e. The summed E-state index contributed by atoms with van der Waals surface area (Å²) in [5.74, 6) is -0.317. The summed E-state index contributed by atoms with van der Waals surface area (Å²) >= 11 is 0. The number of benzene rings is 2. The Morgan fingerprint density at radius 2 is 1.90 bits per heavy atom. The Labute approximate surface area is 177 Å². The molecule has 1 aliphatic heterocycles. The first-order valence-electron chi connectivity index (χ1n) is 10.7. The molecule has 4 nitrogen and oxygen atoms in total. The summed E-state index contributed by atoms with van der Waals surface area (Å²) < 4.78 is 20.9. The maximum Gasteiger partial charge on any atom is 0.337 e. The van der Waals surface area contributed by atoms with E-state index in [1.807, 2.05) is 24.3 Å². The smallest absolute Gasteiger partial charge is 0.337 e. The summed E-state index contributed by atoms with van der Waals surface area (Å²) in [5.41, 5.74) is 5.50. The van der Waals surface area contributed by atoms with Crippen LogP contribution in [-0.2, 0) is 17.7 Å². The summed E-state index contributed by atoms with van der Waals surface area (Å²) in [6, 6.07) is 16.1. The molecule has 3 aromatic rings. The van der Waals surface area contributed by atoms with Crippen LogP contribution in [0, 0.1) is 6.92 Å². The Balaban J connectivity index is 1.58. The van der Waals surface area contributed by atoms with Gasteiger partial charge >= 0.3 is 5.97 Å². The standard InChI is InChI=1S/C25H29FN2O2/c1-18-23(16-19-9-11-20(12-10-19)25(29)30-2)22-7-3-4-8-24(22)28(18)15-14-27-13-5-6-21(26)17-27/h3-4,7-12,21H,5-6,13-17H2,1-2H3. The molecule has 1 unspecified atom stereocenters. The van der Waals surface area contributed by atoms with Crippen LogP contribution in [0.5, 0.6) is 0 Å². The number of nitrogens with zero attached hydrogens (tertiary/aromatic N) is 2. The molecule has 0 saturated carbocycles. The van der Waals surface area contributed by atoms with Crippen LogP contribution in [0.1, 0.15) is 40.0 Å². The fourth-order valence-corrected chi connectivity index (χ4v) is 4.54. The predicted molar refractivity (Wildman–Crippen MR) is 118 cm³/mol. The Kier molecular flexibility index (Phi) is 6.18. The number of likely N-dealkylation sites (tertiary alicyclic amines) is 1. The first-order chi connectivity index (χ1) is 14.6. The summed E-state index contributed by atoms with van der Waals surface area (Å²) in [7, 11) is 1.39. The maximum atomic E-state index is 13.8. The van der Waals surface area contributed by atoms with Crippen LogP contribution >= 0.6 is 0 Å². The number of para-hydroxylation sites is 1. The number of halogens is 1. The summed E-state index contributed by atoms with van der Waals surface area (Å²) in [6.07, 6.45) is 1.75. The molecule has 158 valence electrons. The summed E-state index contributed by atoms with van der Waals surface area (Å²) in [6.45, 7) is 5.44. The molecule has 0 aliphatic carbocycles. The van der Waals surface area contributed by atoms with E-state index in [1.165, 1.54) is 29.3 Å². The van der Waals surface area contributed by atoms with Gasteiger partial charge < -0.3 is 9.30 Å². The second kappa shape index (κ2) is 9.00. The number of methoxy groups -OCH3 is 1. The van der Waals surface area contributed by atoms with Gasteiger partial charge in [-0.2, -0.15) is 0 Å². The highest BCUT2D eigenvalue weighted by Gasteiger charge is 2.20. The van der Waals surface area contributed by atoms with Gasteiger partial charge in [-0.1, -0.05) is 30.3 Å². The number of carbonyl (C=O) groups excluding carboxylic acids is 1. The average molecular weight is 409 g/mol. The van der Waals surface area contributed by atoms with E-state index in [0.717, 1.165) is 38.0 Å². The van der Waals surface area contributed by atoms with Gasteiger partial charge in [-0.3, -0.25) is 4.90 Å². The first kappa shape index (κ1) is 20.6. The Hall–Kier alpha value is -2.66. The van der Waals surface area contributed by atoms with Crippen molar-refractivity contribution in [2.24, 2.45) is 0 Å². The van der Waals surface area contributed by atoms with Crippen LogP contribution in [0.25, 0.3) is 10.9 Å². The van der Waals surface area contributed by atoms with Gasteiger partial charge in [-0.25, -0.2) is 9.18 Å². The van der Waals surface area contributed by atoms with Gasteiger partial charge in [-0.05, 0) is 62.1 Å². The molecule has 1 aliphatic rings. The Bertz CT molecular complexity index is 1030.